The fourth-order valence-corrected chi connectivity index (χ4v) is 2.05. The van der Waals surface area contributed by atoms with Crippen molar-refractivity contribution < 1.29 is 37.9 Å². The monoisotopic (exact) mass is 380 g/mol. The smallest absolute Gasteiger partial charge is 0.0701 e. The van der Waals surface area contributed by atoms with E-state index in [2.05, 4.69) is 0 Å². The highest BCUT2D eigenvalue weighted by Gasteiger charge is 1.96. The molecule has 1 aliphatic heterocycles. The summed E-state index contributed by atoms with van der Waals surface area (Å²) in [6.07, 6.45) is 1.97. The molecule has 26 heavy (non-hydrogen) atoms. The van der Waals surface area contributed by atoms with Gasteiger partial charge in [-0.15, -0.1) is 0 Å². The molecule has 1 heterocycles. The third-order valence-electron chi connectivity index (χ3n) is 3.43. The Balaban J connectivity index is 2.00. The van der Waals surface area contributed by atoms with Crippen LogP contribution < -0.4 is 0 Å². The highest BCUT2D eigenvalue weighted by atomic mass is 16.6. The minimum atomic E-state index is 0.556. The zero-order valence-electron chi connectivity index (χ0n) is 16.0. The quantitative estimate of drug-likeness (QED) is 0.614. The van der Waals surface area contributed by atoms with Gasteiger partial charge in [0, 0.05) is 13.2 Å². The first kappa shape index (κ1) is 23.7. The van der Waals surface area contributed by atoms with Crippen LogP contribution in [0, 0.1) is 0 Å². The van der Waals surface area contributed by atoms with Gasteiger partial charge in [0.2, 0.25) is 0 Å². The van der Waals surface area contributed by atoms with E-state index in [1.54, 1.807) is 0 Å². The Labute approximate surface area is 157 Å². The molecule has 0 aliphatic carbocycles. The molecule has 1 aliphatic rings. The van der Waals surface area contributed by atoms with Crippen molar-refractivity contribution in [2.45, 2.75) is 12.8 Å². The summed E-state index contributed by atoms with van der Waals surface area (Å²) in [6.45, 7) is 9.51. The van der Waals surface area contributed by atoms with Crippen LogP contribution in [0.15, 0.2) is 0 Å². The lowest BCUT2D eigenvalue weighted by atomic mass is 10.3. The molecule has 1 rings (SSSR count). The van der Waals surface area contributed by atoms with E-state index in [0.29, 0.717) is 92.5 Å². The fourth-order valence-electron chi connectivity index (χ4n) is 2.05. The normalized spacial score (nSPS) is 24.0. The molecule has 156 valence electrons. The number of hydrogen-bond acceptors (Lipinski definition) is 8. The topological polar surface area (TPSA) is 73.8 Å². The lowest BCUT2D eigenvalue weighted by molar-refractivity contribution is -0.0247. The number of ether oxygens (including phenoxy) is 8. The van der Waals surface area contributed by atoms with Crippen molar-refractivity contribution in [2.24, 2.45) is 0 Å². The van der Waals surface area contributed by atoms with Crippen molar-refractivity contribution in [1.82, 2.24) is 0 Å². The predicted molar refractivity (Wildman–Crippen MR) is 95.8 cm³/mol. The van der Waals surface area contributed by atoms with Gasteiger partial charge in [0.1, 0.15) is 0 Å². The molecule has 0 atom stereocenters. The molecule has 0 saturated carbocycles. The maximum absolute atomic E-state index is 5.50. The molecule has 0 spiro atoms. The van der Waals surface area contributed by atoms with E-state index in [1.807, 2.05) is 0 Å². The summed E-state index contributed by atoms with van der Waals surface area (Å²) in [7, 11) is 0. The average Bonchev–Trinajstić information content (AvgIpc) is 2.65. The fraction of sp³-hybridized carbons (Fsp3) is 1.00. The van der Waals surface area contributed by atoms with Crippen LogP contribution in [0.4, 0.5) is 0 Å². The van der Waals surface area contributed by atoms with Gasteiger partial charge in [-0.1, -0.05) is 0 Å². The second-order valence-electron chi connectivity index (χ2n) is 5.61. The van der Waals surface area contributed by atoms with Crippen LogP contribution in [0.1, 0.15) is 12.8 Å². The SMILES string of the molecule is C1CCOCCOCCOCCOCCOCCOCCOCCOC1. The number of rotatable bonds is 0. The molecule has 0 aromatic rings. The zero-order chi connectivity index (χ0) is 18.4. The van der Waals surface area contributed by atoms with E-state index in [0.717, 1.165) is 26.1 Å². The van der Waals surface area contributed by atoms with E-state index < -0.39 is 0 Å². The van der Waals surface area contributed by atoms with Crippen molar-refractivity contribution in [3.63, 3.8) is 0 Å². The van der Waals surface area contributed by atoms with E-state index in [1.165, 1.54) is 0 Å². The summed E-state index contributed by atoms with van der Waals surface area (Å²) in [5, 5.41) is 0. The molecule has 1 saturated heterocycles. The maximum atomic E-state index is 5.50. The van der Waals surface area contributed by atoms with Gasteiger partial charge in [-0.3, -0.25) is 0 Å². The van der Waals surface area contributed by atoms with Crippen LogP contribution in [-0.4, -0.2) is 106 Å². The molecule has 0 radical (unpaired) electrons. The van der Waals surface area contributed by atoms with Crippen LogP contribution in [-0.2, 0) is 37.9 Å². The van der Waals surface area contributed by atoms with Crippen LogP contribution in [0.2, 0.25) is 0 Å². The average molecular weight is 380 g/mol. The zero-order valence-corrected chi connectivity index (χ0v) is 16.0. The molecule has 0 aromatic heterocycles. The molecule has 0 amide bonds. The van der Waals surface area contributed by atoms with E-state index >= 15 is 0 Å². The predicted octanol–water partition coefficient (Wildman–Crippen LogP) is 0.913. The largest absolute Gasteiger partial charge is 0.379 e. The third kappa shape index (κ3) is 18.5. The van der Waals surface area contributed by atoms with Crippen LogP contribution >= 0.6 is 0 Å². The first-order chi connectivity index (χ1) is 13.0. The third-order valence-corrected chi connectivity index (χ3v) is 3.43. The summed E-state index contributed by atoms with van der Waals surface area (Å²) in [5.41, 5.74) is 0. The van der Waals surface area contributed by atoms with Crippen molar-refractivity contribution in [3.8, 4) is 0 Å². The maximum Gasteiger partial charge on any atom is 0.0701 e. The van der Waals surface area contributed by atoms with Crippen molar-refractivity contribution in [1.29, 1.82) is 0 Å². The summed E-state index contributed by atoms with van der Waals surface area (Å²) in [5.74, 6) is 0. The Hall–Kier alpha value is -0.320. The lowest BCUT2D eigenvalue weighted by Gasteiger charge is -2.09. The van der Waals surface area contributed by atoms with Crippen LogP contribution in [0.5, 0.6) is 0 Å². The van der Waals surface area contributed by atoms with Gasteiger partial charge in [-0.2, -0.15) is 0 Å². The van der Waals surface area contributed by atoms with E-state index in [4.69, 9.17) is 37.9 Å². The first-order valence-electron chi connectivity index (χ1n) is 9.62. The van der Waals surface area contributed by atoms with Crippen molar-refractivity contribution in [3.05, 3.63) is 0 Å². The second kappa shape index (κ2) is 21.0. The summed E-state index contributed by atoms with van der Waals surface area (Å²) < 4.78 is 43.5. The Morgan fingerprint density at radius 3 is 0.538 bits per heavy atom. The van der Waals surface area contributed by atoms with Gasteiger partial charge in [-0.25, -0.2) is 0 Å². The molecule has 0 bridgehead atoms. The van der Waals surface area contributed by atoms with Crippen LogP contribution in [0.25, 0.3) is 0 Å². The molecule has 8 nitrogen and oxygen atoms in total. The number of hydrogen-bond donors (Lipinski definition) is 0. The van der Waals surface area contributed by atoms with Gasteiger partial charge in [0.05, 0.1) is 92.5 Å². The Bertz CT molecular complexity index is 145. The molecule has 0 N–H and O–H groups in total. The highest BCUT2D eigenvalue weighted by Crippen LogP contribution is 1.92. The molecular weight excluding hydrogens is 344 g/mol. The molecule has 0 unspecified atom stereocenters. The minimum absolute atomic E-state index is 0.556. The minimum Gasteiger partial charge on any atom is -0.379 e. The highest BCUT2D eigenvalue weighted by molar-refractivity contribution is 4.41. The van der Waals surface area contributed by atoms with Gasteiger partial charge in [-0.05, 0) is 12.8 Å². The lowest BCUT2D eigenvalue weighted by Crippen LogP contribution is -2.15. The van der Waals surface area contributed by atoms with E-state index in [-0.39, 0.29) is 0 Å². The standard InChI is InChI=1S/C18H36O8/c1-2-4-20-6-8-22-10-12-24-14-16-26-18-17-25-15-13-23-11-9-21-7-5-19-3-1/h1-18H2. The molecule has 1 fully saturated rings. The van der Waals surface area contributed by atoms with E-state index in [9.17, 15) is 0 Å². The van der Waals surface area contributed by atoms with Gasteiger partial charge in [0.15, 0.2) is 0 Å². The summed E-state index contributed by atoms with van der Waals surface area (Å²) >= 11 is 0. The molecule has 0 aromatic carbocycles. The summed E-state index contributed by atoms with van der Waals surface area (Å²) in [4.78, 5) is 0. The Morgan fingerprint density at radius 2 is 0.346 bits per heavy atom. The van der Waals surface area contributed by atoms with Crippen molar-refractivity contribution >= 4 is 0 Å². The molecule has 8 heteroatoms. The Morgan fingerprint density at radius 1 is 0.192 bits per heavy atom. The van der Waals surface area contributed by atoms with Gasteiger partial charge < -0.3 is 37.9 Å². The van der Waals surface area contributed by atoms with Crippen LogP contribution in [0.3, 0.4) is 0 Å². The van der Waals surface area contributed by atoms with Gasteiger partial charge >= 0.3 is 0 Å². The molecular formula is C18H36O8. The summed E-state index contributed by atoms with van der Waals surface area (Å²) in [6, 6.07) is 0. The van der Waals surface area contributed by atoms with Gasteiger partial charge in [0.25, 0.3) is 0 Å². The Kier molecular flexibility index (Phi) is 19.1. The first-order valence-corrected chi connectivity index (χ1v) is 9.62. The van der Waals surface area contributed by atoms with Crippen molar-refractivity contribution in [2.75, 3.05) is 106 Å². The second-order valence-corrected chi connectivity index (χ2v) is 5.61.